The summed E-state index contributed by atoms with van der Waals surface area (Å²) in [4.78, 5) is 0. The largest absolute Gasteiger partial charge is 0.459 e. The molecule has 0 spiro atoms. The van der Waals surface area contributed by atoms with Gasteiger partial charge in [-0.15, -0.1) is 0 Å². The first-order valence-electron chi connectivity index (χ1n) is 6.53. The molecule has 0 amide bonds. The van der Waals surface area contributed by atoms with Gasteiger partial charge >= 0.3 is 0 Å². The highest BCUT2D eigenvalue weighted by atomic mass is 32.2. The number of thioether (sulfide) groups is 1. The summed E-state index contributed by atoms with van der Waals surface area (Å²) in [6, 6.07) is 8.89. The molecule has 0 bridgehead atoms. The standard InChI is InChI=1S/C15H19NOS/c1-10-4-3-5-11-8-13(17-15(10)11)14(16-2)12-6-7-18-9-12/h3-5,8,12,14,16H,6-7,9H2,1-2H3. The molecule has 1 aliphatic heterocycles. The van der Waals surface area contributed by atoms with Crippen molar-refractivity contribution in [2.24, 2.45) is 5.92 Å². The van der Waals surface area contributed by atoms with Crippen LogP contribution in [0.5, 0.6) is 0 Å². The number of furan rings is 1. The highest BCUT2D eigenvalue weighted by Gasteiger charge is 2.28. The maximum atomic E-state index is 6.09. The number of para-hydroxylation sites is 1. The van der Waals surface area contributed by atoms with Crippen molar-refractivity contribution in [1.29, 1.82) is 0 Å². The lowest BCUT2D eigenvalue weighted by Gasteiger charge is -2.19. The predicted molar refractivity (Wildman–Crippen MR) is 78.2 cm³/mol. The minimum absolute atomic E-state index is 0.354. The Morgan fingerprint density at radius 3 is 3.00 bits per heavy atom. The van der Waals surface area contributed by atoms with E-state index in [2.05, 4.69) is 36.5 Å². The van der Waals surface area contributed by atoms with Crippen LogP contribution < -0.4 is 5.32 Å². The van der Waals surface area contributed by atoms with Crippen LogP contribution in [0.4, 0.5) is 0 Å². The zero-order chi connectivity index (χ0) is 12.5. The Labute approximate surface area is 112 Å². The van der Waals surface area contributed by atoms with Gasteiger partial charge in [0, 0.05) is 5.39 Å². The average Bonchev–Trinajstić information content (AvgIpc) is 3.00. The van der Waals surface area contributed by atoms with E-state index in [0.717, 1.165) is 11.3 Å². The van der Waals surface area contributed by atoms with E-state index in [4.69, 9.17) is 4.42 Å². The molecule has 2 heterocycles. The van der Waals surface area contributed by atoms with E-state index in [0.29, 0.717) is 12.0 Å². The smallest absolute Gasteiger partial charge is 0.137 e. The van der Waals surface area contributed by atoms with Crippen molar-refractivity contribution in [3.8, 4) is 0 Å². The maximum absolute atomic E-state index is 6.09. The predicted octanol–water partition coefficient (Wildman–Crippen LogP) is 3.75. The van der Waals surface area contributed by atoms with E-state index >= 15 is 0 Å². The fourth-order valence-electron chi connectivity index (χ4n) is 2.81. The Morgan fingerprint density at radius 2 is 2.33 bits per heavy atom. The first-order chi connectivity index (χ1) is 8.79. The Hall–Kier alpha value is -0.930. The minimum Gasteiger partial charge on any atom is -0.459 e. The summed E-state index contributed by atoms with van der Waals surface area (Å²) in [5, 5.41) is 4.65. The summed E-state index contributed by atoms with van der Waals surface area (Å²) in [5.41, 5.74) is 2.26. The molecule has 1 fully saturated rings. The molecule has 0 saturated carbocycles. The normalized spacial score (nSPS) is 21.6. The molecule has 1 N–H and O–H groups in total. The van der Waals surface area contributed by atoms with Gasteiger partial charge in [-0.05, 0) is 49.4 Å². The molecule has 2 aromatic rings. The number of benzene rings is 1. The van der Waals surface area contributed by atoms with E-state index in [9.17, 15) is 0 Å². The summed E-state index contributed by atoms with van der Waals surface area (Å²) in [6.45, 7) is 2.11. The lowest BCUT2D eigenvalue weighted by Crippen LogP contribution is -2.24. The van der Waals surface area contributed by atoms with Crippen molar-refractivity contribution >= 4 is 22.7 Å². The van der Waals surface area contributed by atoms with Gasteiger partial charge in [0.25, 0.3) is 0 Å². The number of hydrogen-bond acceptors (Lipinski definition) is 3. The van der Waals surface area contributed by atoms with Gasteiger partial charge in [0.1, 0.15) is 11.3 Å². The lowest BCUT2D eigenvalue weighted by molar-refractivity contribution is 0.356. The molecule has 96 valence electrons. The van der Waals surface area contributed by atoms with Gasteiger partial charge in [-0.25, -0.2) is 0 Å². The first kappa shape index (κ1) is 12.1. The van der Waals surface area contributed by atoms with Crippen molar-refractivity contribution in [3.63, 3.8) is 0 Å². The summed E-state index contributed by atoms with van der Waals surface area (Å²) >= 11 is 2.05. The second kappa shape index (κ2) is 4.98. The number of nitrogens with one attached hydrogen (secondary N) is 1. The lowest BCUT2D eigenvalue weighted by atomic mass is 9.97. The van der Waals surface area contributed by atoms with Gasteiger partial charge in [0.05, 0.1) is 6.04 Å². The van der Waals surface area contributed by atoms with Gasteiger partial charge < -0.3 is 9.73 Å². The van der Waals surface area contributed by atoms with Crippen LogP contribution in [0.1, 0.15) is 23.8 Å². The van der Waals surface area contributed by atoms with E-state index in [1.54, 1.807) is 0 Å². The van der Waals surface area contributed by atoms with Crippen LogP contribution in [0.2, 0.25) is 0 Å². The Balaban J connectivity index is 1.99. The number of fused-ring (bicyclic) bond motifs is 1. The third-order valence-corrected chi connectivity index (χ3v) is 5.00. The molecule has 1 saturated heterocycles. The summed E-state index contributed by atoms with van der Waals surface area (Å²) in [5.74, 6) is 4.30. The molecule has 2 nitrogen and oxygen atoms in total. The molecule has 0 aliphatic carbocycles. The monoisotopic (exact) mass is 261 g/mol. The van der Waals surface area contributed by atoms with Crippen LogP contribution in [0.25, 0.3) is 11.0 Å². The van der Waals surface area contributed by atoms with Crippen LogP contribution >= 0.6 is 11.8 Å². The zero-order valence-electron chi connectivity index (χ0n) is 10.9. The van der Waals surface area contributed by atoms with Crippen molar-refractivity contribution < 1.29 is 4.42 Å². The van der Waals surface area contributed by atoms with Gasteiger partial charge in [0.15, 0.2) is 0 Å². The van der Waals surface area contributed by atoms with E-state index in [1.165, 1.54) is 28.9 Å². The molecule has 2 unspecified atom stereocenters. The fraction of sp³-hybridized carbons (Fsp3) is 0.467. The van der Waals surface area contributed by atoms with E-state index < -0.39 is 0 Å². The topological polar surface area (TPSA) is 25.2 Å². The third-order valence-electron chi connectivity index (χ3n) is 3.81. The second-order valence-corrected chi connectivity index (χ2v) is 6.18. The van der Waals surface area contributed by atoms with Gasteiger partial charge in [-0.3, -0.25) is 0 Å². The molecule has 3 rings (SSSR count). The Kier molecular flexibility index (Phi) is 3.35. The van der Waals surface area contributed by atoms with Crippen molar-refractivity contribution in [2.45, 2.75) is 19.4 Å². The van der Waals surface area contributed by atoms with Crippen molar-refractivity contribution in [3.05, 3.63) is 35.6 Å². The molecule has 18 heavy (non-hydrogen) atoms. The Bertz CT molecular complexity index is 542. The molecule has 1 aromatic carbocycles. The maximum Gasteiger partial charge on any atom is 0.137 e. The molecule has 0 radical (unpaired) electrons. The molecule has 3 heteroatoms. The molecular formula is C15H19NOS. The number of hydrogen-bond donors (Lipinski definition) is 1. The quantitative estimate of drug-likeness (QED) is 0.911. The highest BCUT2D eigenvalue weighted by molar-refractivity contribution is 7.99. The molecule has 1 aliphatic rings. The minimum atomic E-state index is 0.354. The molecule has 2 atom stereocenters. The highest BCUT2D eigenvalue weighted by Crippen LogP contribution is 2.36. The zero-order valence-corrected chi connectivity index (χ0v) is 11.7. The summed E-state index contributed by atoms with van der Waals surface area (Å²) < 4.78 is 6.09. The molecular weight excluding hydrogens is 242 g/mol. The average molecular weight is 261 g/mol. The first-order valence-corrected chi connectivity index (χ1v) is 7.69. The van der Waals surface area contributed by atoms with Crippen LogP contribution in [0.15, 0.2) is 28.7 Å². The van der Waals surface area contributed by atoms with Crippen LogP contribution in [0.3, 0.4) is 0 Å². The number of rotatable bonds is 3. The van der Waals surface area contributed by atoms with Gasteiger partial charge in [-0.2, -0.15) is 11.8 Å². The number of aryl methyl sites for hydroxylation is 1. The van der Waals surface area contributed by atoms with Crippen LogP contribution in [-0.4, -0.2) is 18.6 Å². The Morgan fingerprint density at radius 1 is 1.44 bits per heavy atom. The molecule has 1 aromatic heterocycles. The van der Waals surface area contributed by atoms with Crippen molar-refractivity contribution in [2.75, 3.05) is 18.6 Å². The fourth-order valence-corrected chi connectivity index (χ4v) is 4.11. The van der Waals surface area contributed by atoms with Gasteiger partial charge in [-0.1, -0.05) is 18.2 Å². The van der Waals surface area contributed by atoms with Crippen LogP contribution in [-0.2, 0) is 0 Å². The van der Waals surface area contributed by atoms with E-state index in [-0.39, 0.29) is 0 Å². The summed E-state index contributed by atoms with van der Waals surface area (Å²) in [6.07, 6.45) is 1.28. The summed E-state index contributed by atoms with van der Waals surface area (Å²) in [7, 11) is 2.04. The van der Waals surface area contributed by atoms with Crippen LogP contribution in [0, 0.1) is 12.8 Å². The third kappa shape index (κ3) is 2.06. The van der Waals surface area contributed by atoms with E-state index in [1.807, 2.05) is 18.8 Å². The SMILES string of the molecule is CNC(c1cc2cccc(C)c2o1)C1CCSC1. The van der Waals surface area contributed by atoms with Crippen molar-refractivity contribution in [1.82, 2.24) is 5.32 Å². The van der Waals surface area contributed by atoms with Gasteiger partial charge in [0.2, 0.25) is 0 Å². The second-order valence-electron chi connectivity index (χ2n) is 5.03.